The number of piperidine rings is 1. The van der Waals surface area contributed by atoms with Crippen molar-refractivity contribution < 1.29 is 0 Å². The number of benzene rings is 1. The van der Waals surface area contributed by atoms with Gasteiger partial charge in [-0.15, -0.1) is 0 Å². The van der Waals surface area contributed by atoms with Gasteiger partial charge in [-0.05, 0) is 50.8 Å². The monoisotopic (exact) mass is 216 g/mol. The van der Waals surface area contributed by atoms with Crippen molar-refractivity contribution in [2.75, 3.05) is 13.1 Å². The van der Waals surface area contributed by atoms with Gasteiger partial charge in [-0.3, -0.25) is 4.90 Å². The molecule has 0 unspecified atom stereocenters. The molecule has 1 aliphatic rings. The first-order chi connectivity index (χ1) is 7.95. The van der Waals surface area contributed by atoms with Crippen LogP contribution in [-0.2, 0) is 6.42 Å². The highest BCUT2D eigenvalue weighted by molar-refractivity contribution is 5.14. The lowest BCUT2D eigenvalue weighted by atomic mass is 10.1. The highest BCUT2D eigenvalue weighted by Gasteiger charge is 2.09. The summed E-state index contributed by atoms with van der Waals surface area (Å²) in [4.78, 5) is 2.51. The zero-order valence-electron chi connectivity index (χ0n) is 10.1. The maximum absolute atomic E-state index is 2.51. The summed E-state index contributed by atoms with van der Waals surface area (Å²) in [7, 11) is 0. The van der Waals surface area contributed by atoms with Gasteiger partial charge in [0.25, 0.3) is 0 Å². The van der Waals surface area contributed by atoms with Crippen LogP contribution in [0.4, 0.5) is 0 Å². The first-order valence-corrected chi connectivity index (χ1v) is 6.56. The quantitative estimate of drug-likeness (QED) is 0.679. The van der Waals surface area contributed by atoms with Gasteiger partial charge in [0.15, 0.2) is 0 Å². The molecule has 0 bridgehead atoms. The largest absolute Gasteiger partial charge is 0.299 e. The van der Waals surface area contributed by atoms with Crippen LogP contribution in [0.5, 0.6) is 0 Å². The van der Waals surface area contributed by atoms with Crippen LogP contribution in [0, 0.1) is 6.54 Å². The molecule has 1 aliphatic heterocycles. The molecule has 1 aromatic rings. The number of unbranched alkanes of at least 4 members (excludes halogenated alkanes) is 1. The van der Waals surface area contributed by atoms with E-state index in [2.05, 4.69) is 41.8 Å². The third-order valence-electron chi connectivity index (χ3n) is 3.29. The minimum atomic E-state index is 1.23. The Labute approximate surface area is 99.5 Å². The molecular weight excluding hydrogens is 194 g/mol. The van der Waals surface area contributed by atoms with Gasteiger partial charge in [0.1, 0.15) is 0 Å². The Morgan fingerprint density at radius 1 is 1.00 bits per heavy atom. The lowest BCUT2D eigenvalue weighted by Gasteiger charge is -2.25. The predicted molar refractivity (Wildman–Crippen MR) is 69.1 cm³/mol. The van der Waals surface area contributed by atoms with Gasteiger partial charge in [0, 0.05) is 6.54 Å². The van der Waals surface area contributed by atoms with E-state index < -0.39 is 0 Å². The zero-order chi connectivity index (χ0) is 11.1. The summed E-state index contributed by atoms with van der Waals surface area (Å²) in [5.41, 5.74) is 1.48. The average Bonchev–Trinajstić information content (AvgIpc) is 2.37. The number of aryl methyl sites for hydroxylation is 1. The highest BCUT2D eigenvalue weighted by atomic mass is 15.1. The molecule has 1 radical (unpaired) electrons. The first kappa shape index (κ1) is 11.7. The standard InChI is InChI=1S/C15H22N/c1-3-9-15(10-4-1)11-5-8-14-16-12-6-2-7-13-16/h1,3-4,9-10,12H,2,5-8,11,13-14H2. The second-order valence-corrected chi connectivity index (χ2v) is 4.66. The summed E-state index contributed by atoms with van der Waals surface area (Å²) in [6, 6.07) is 10.8. The first-order valence-electron chi connectivity index (χ1n) is 6.56. The topological polar surface area (TPSA) is 3.24 Å². The number of hydrogen-bond acceptors (Lipinski definition) is 1. The smallest absolute Gasteiger partial charge is 0.0251 e. The van der Waals surface area contributed by atoms with Crippen LogP contribution in [0.2, 0.25) is 0 Å². The second-order valence-electron chi connectivity index (χ2n) is 4.66. The Bertz CT molecular complexity index is 275. The Hall–Kier alpha value is -0.820. The maximum atomic E-state index is 2.51. The molecule has 16 heavy (non-hydrogen) atoms. The third-order valence-corrected chi connectivity index (χ3v) is 3.29. The van der Waals surface area contributed by atoms with E-state index in [0.717, 1.165) is 0 Å². The Morgan fingerprint density at radius 3 is 2.62 bits per heavy atom. The number of nitrogens with zero attached hydrogens (tertiary/aromatic N) is 1. The van der Waals surface area contributed by atoms with Crippen molar-refractivity contribution in [3.63, 3.8) is 0 Å². The van der Waals surface area contributed by atoms with Crippen molar-refractivity contribution in [3.05, 3.63) is 42.4 Å². The molecule has 0 aliphatic carbocycles. The fraction of sp³-hybridized carbons (Fsp3) is 0.533. The molecule has 1 aromatic carbocycles. The van der Waals surface area contributed by atoms with Gasteiger partial charge < -0.3 is 0 Å². The summed E-state index contributed by atoms with van der Waals surface area (Å²) >= 11 is 0. The van der Waals surface area contributed by atoms with Crippen molar-refractivity contribution >= 4 is 0 Å². The van der Waals surface area contributed by atoms with Crippen LogP contribution < -0.4 is 0 Å². The number of likely N-dealkylation sites (tertiary alicyclic amines) is 1. The summed E-state index contributed by atoms with van der Waals surface area (Å²) < 4.78 is 0. The summed E-state index contributed by atoms with van der Waals surface area (Å²) in [5.74, 6) is 0. The van der Waals surface area contributed by atoms with Crippen molar-refractivity contribution in [2.45, 2.75) is 38.5 Å². The van der Waals surface area contributed by atoms with E-state index in [1.807, 2.05) is 0 Å². The lowest BCUT2D eigenvalue weighted by Crippen LogP contribution is -2.26. The van der Waals surface area contributed by atoms with Crippen molar-refractivity contribution in [1.29, 1.82) is 0 Å². The lowest BCUT2D eigenvalue weighted by molar-refractivity contribution is 0.276. The fourth-order valence-corrected chi connectivity index (χ4v) is 2.32. The second kappa shape index (κ2) is 6.70. The Kier molecular flexibility index (Phi) is 4.88. The molecule has 0 spiro atoms. The minimum absolute atomic E-state index is 1.23. The molecule has 1 fully saturated rings. The Morgan fingerprint density at radius 2 is 1.88 bits per heavy atom. The van der Waals surface area contributed by atoms with Gasteiger partial charge in [-0.2, -0.15) is 0 Å². The van der Waals surface area contributed by atoms with Gasteiger partial charge in [0.05, 0.1) is 0 Å². The summed E-state index contributed by atoms with van der Waals surface area (Å²) in [6.45, 7) is 4.93. The molecular formula is C15H22N. The SMILES string of the molecule is [CH]1CCCCN1CCCCc1ccccc1. The van der Waals surface area contributed by atoms with E-state index >= 15 is 0 Å². The van der Waals surface area contributed by atoms with Crippen molar-refractivity contribution in [1.82, 2.24) is 4.90 Å². The summed E-state index contributed by atoms with van der Waals surface area (Å²) in [5, 5.41) is 0. The summed E-state index contributed by atoms with van der Waals surface area (Å²) in [6.07, 6.45) is 7.93. The third kappa shape index (κ3) is 3.97. The van der Waals surface area contributed by atoms with Crippen LogP contribution in [0.25, 0.3) is 0 Å². The highest BCUT2D eigenvalue weighted by Crippen LogP contribution is 2.13. The van der Waals surface area contributed by atoms with E-state index in [0.29, 0.717) is 0 Å². The van der Waals surface area contributed by atoms with Crippen molar-refractivity contribution in [2.24, 2.45) is 0 Å². The molecule has 0 N–H and O–H groups in total. The van der Waals surface area contributed by atoms with Gasteiger partial charge in [0.2, 0.25) is 0 Å². The van der Waals surface area contributed by atoms with Crippen molar-refractivity contribution in [3.8, 4) is 0 Å². The zero-order valence-corrected chi connectivity index (χ0v) is 10.1. The van der Waals surface area contributed by atoms with Crippen LogP contribution in [0.3, 0.4) is 0 Å². The van der Waals surface area contributed by atoms with E-state index in [1.54, 1.807) is 0 Å². The van der Waals surface area contributed by atoms with E-state index in [9.17, 15) is 0 Å². The molecule has 0 aromatic heterocycles. The van der Waals surface area contributed by atoms with Gasteiger partial charge in [-0.25, -0.2) is 0 Å². The number of hydrogen-bond donors (Lipinski definition) is 0. The average molecular weight is 216 g/mol. The normalized spacial score (nSPS) is 17.5. The minimum Gasteiger partial charge on any atom is -0.299 e. The van der Waals surface area contributed by atoms with Crippen LogP contribution in [0.15, 0.2) is 30.3 Å². The fourth-order valence-electron chi connectivity index (χ4n) is 2.32. The molecule has 87 valence electrons. The van der Waals surface area contributed by atoms with Gasteiger partial charge >= 0.3 is 0 Å². The van der Waals surface area contributed by atoms with Crippen LogP contribution in [0.1, 0.15) is 37.7 Å². The van der Waals surface area contributed by atoms with E-state index in [-0.39, 0.29) is 0 Å². The molecule has 1 heteroatoms. The maximum Gasteiger partial charge on any atom is 0.0251 e. The molecule has 1 saturated heterocycles. The predicted octanol–water partition coefficient (Wildman–Crippen LogP) is 3.66. The molecule has 0 amide bonds. The van der Waals surface area contributed by atoms with Gasteiger partial charge in [-0.1, -0.05) is 36.8 Å². The number of rotatable bonds is 5. The van der Waals surface area contributed by atoms with Crippen LogP contribution >= 0.6 is 0 Å². The molecule has 0 atom stereocenters. The molecule has 0 saturated carbocycles. The Balaban J connectivity index is 1.58. The molecule has 1 heterocycles. The molecule has 2 rings (SSSR count). The van der Waals surface area contributed by atoms with E-state index in [4.69, 9.17) is 0 Å². The molecule has 1 nitrogen and oxygen atoms in total. The van der Waals surface area contributed by atoms with Crippen LogP contribution in [-0.4, -0.2) is 18.0 Å². The van der Waals surface area contributed by atoms with E-state index in [1.165, 1.54) is 57.2 Å².